The summed E-state index contributed by atoms with van der Waals surface area (Å²) in [6, 6.07) is 0.571. The Morgan fingerprint density at radius 2 is 2.38 bits per heavy atom. The molecule has 1 aromatic rings. The Hall–Kier alpha value is -0.450. The second-order valence-electron chi connectivity index (χ2n) is 5.05. The summed E-state index contributed by atoms with van der Waals surface area (Å²) in [5, 5.41) is 6.82. The summed E-state index contributed by atoms with van der Waals surface area (Å²) in [7, 11) is 0. The smallest absolute Gasteiger partial charge is 0.112 e. The summed E-state index contributed by atoms with van der Waals surface area (Å²) >= 11 is 1.76. The first-order chi connectivity index (χ1) is 7.60. The third-order valence-electron chi connectivity index (χ3n) is 3.34. The average Bonchev–Trinajstić information content (AvgIpc) is 2.68. The second-order valence-corrected chi connectivity index (χ2v) is 5.95. The molecule has 16 heavy (non-hydrogen) atoms. The zero-order valence-corrected chi connectivity index (χ0v) is 11.2. The predicted molar refractivity (Wildman–Crippen MR) is 68.8 cm³/mol. The molecular formula is C12H21N3S. The molecule has 0 aliphatic carbocycles. The largest absolute Gasteiger partial charge is 0.313 e. The molecule has 1 fully saturated rings. The van der Waals surface area contributed by atoms with Crippen molar-refractivity contribution in [1.29, 1.82) is 0 Å². The van der Waals surface area contributed by atoms with Crippen LogP contribution in [0.4, 0.5) is 0 Å². The van der Waals surface area contributed by atoms with Gasteiger partial charge in [0.1, 0.15) is 5.01 Å². The van der Waals surface area contributed by atoms with E-state index in [0.29, 0.717) is 6.04 Å². The van der Waals surface area contributed by atoms with E-state index >= 15 is 0 Å². The number of nitrogens with one attached hydrogen (secondary N) is 1. The summed E-state index contributed by atoms with van der Waals surface area (Å²) in [6.07, 6.45) is 3.13. The van der Waals surface area contributed by atoms with Crippen molar-refractivity contribution in [2.24, 2.45) is 0 Å². The Morgan fingerprint density at radius 1 is 1.56 bits per heavy atom. The molecule has 90 valence electrons. The fourth-order valence-electron chi connectivity index (χ4n) is 2.27. The molecule has 0 spiro atoms. The number of aromatic nitrogens is 1. The zero-order chi connectivity index (χ0) is 11.6. The van der Waals surface area contributed by atoms with Gasteiger partial charge in [0.05, 0.1) is 5.54 Å². The van der Waals surface area contributed by atoms with Gasteiger partial charge in [0.2, 0.25) is 0 Å². The lowest BCUT2D eigenvalue weighted by molar-refractivity contribution is 0.118. The number of hydrogen-bond donors (Lipinski definition) is 1. The minimum atomic E-state index is 0.0639. The van der Waals surface area contributed by atoms with Gasteiger partial charge in [0.25, 0.3) is 0 Å². The molecule has 2 rings (SSSR count). The maximum absolute atomic E-state index is 4.48. The Labute approximate surface area is 102 Å². The third kappa shape index (κ3) is 2.44. The normalized spacial score (nSPS) is 24.3. The predicted octanol–water partition coefficient (Wildman–Crippen LogP) is 2.06. The Morgan fingerprint density at radius 3 is 3.06 bits per heavy atom. The maximum atomic E-state index is 4.48. The Kier molecular flexibility index (Phi) is 3.62. The second kappa shape index (κ2) is 4.82. The van der Waals surface area contributed by atoms with E-state index in [1.165, 1.54) is 11.4 Å². The van der Waals surface area contributed by atoms with Gasteiger partial charge in [-0.1, -0.05) is 0 Å². The van der Waals surface area contributed by atoms with E-state index < -0.39 is 0 Å². The van der Waals surface area contributed by atoms with Crippen molar-refractivity contribution >= 4 is 11.3 Å². The fraction of sp³-hybridized carbons (Fsp3) is 0.750. The first kappa shape index (κ1) is 12.0. The van der Waals surface area contributed by atoms with Crippen molar-refractivity contribution in [3.63, 3.8) is 0 Å². The van der Waals surface area contributed by atoms with Crippen molar-refractivity contribution in [3.05, 3.63) is 16.6 Å². The lowest BCUT2D eigenvalue weighted by atomic mass is 10.0. The zero-order valence-electron chi connectivity index (χ0n) is 10.4. The molecule has 0 bridgehead atoms. The van der Waals surface area contributed by atoms with Crippen LogP contribution in [0.2, 0.25) is 0 Å². The monoisotopic (exact) mass is 239 g/mol. The fourth-order valence-corrected chi connectivity index (χ4v) is 3.06. The SMILES string of the molecule is CC1CN(C(C)(C)c2nccs2)CCCN1. The highest BCUT2D eigenvalue weighted by molar-refractivity contribution is 7.09. The van der Waals surface area contributed by atoms with Gasteiger partial charge in [0, 0.05) is 30.7 Å². The van der Waals surface area contributed by atoms with E-state index in [1.54, 1.807) is 11.3 Å². The van der Waals surface area contributed by atoms with Crippen LogP contribution < -0.4 is 5.32 Å². The van der Waals surface area contributed by atoms with Crippen LogP contribution >= 0.6 is 11.3 Å². The van der Waals surface area contributed by atoms with Crippen molar-refractivity contribution in [3.8, 4) is 0 Å². The topological polar surface area (TPSA) is 28.2 Å². The highest BCUT2D eigenvalue weighted by Gasteiger charge is 2.32. The van der Waals surface area contributed by atoms with E-state index in [1.807, 2.05) is 6.20 Å². The summed E-state index contributed by atoms with van der Waals surface area (Å²) in [5.74, 6) is 0. The average molecular weight is 239 g/mol. The van der Waals surface area contributed by atoms with E-state index in [2.05, 4.69) is 41.4 Å². The summed E-state index contributed by atoms with van der Waals surface area (Å²) in [4.78, 5) is 7.03. The molecular weight excluding hydrogens is 218 g/mol. The highest BCUT2D eigenvalue weighted by atomic mass is 32.1. The van der Waals surface area contributed by atoms with Crippen LogP contribution in [0.5, 0.6) is 0 Å². The molecule has 0 amide bonds. The third-order valence-corrected chi connectivity index (χ3v) is 4.42. The Balaban J connectivity index is 2.15. The van der Waals surface area contributed by atoms with Gasteiger partial charge in [-0.05, 0) is 33.7 Å². The number of thiazole rings is 1. The molecule has 1 aromatic heterocycles. The Bertz CT molecular complexity index is 321. The minimum Gasteiger partial charge on any atom is -0.313 e. The molecule has 1 aliphatic rings. The van der Waals surface area contributed by atoms with Gasteiger partial charge in [-0.2, -0.15) is 0 Å². The maximum Gasteiger partial charge on any atom is 0.112 e. The molecule has 1 aliphatic heterocycles. The first-order valence-corrected chi connectivity index (χ1v) is 6.87. The van der Waals surface area contributed by atoms with Gasteiger partial charge in [-0.15, -0.1) is 11.3 Å². The van der Waals surface area contributed by atoms with E-state index in [4.69, 9.17) is 0 Å². The molecule has 1 saturated heterocycles. The summed E-state index contributed by atoms with van der Waals surface area (Å²) in [6.45, 7) is 10.2. The van der Waals surface area contributed by atoms with Crippen LogP contribution in [0.15, 0.2) is 11.6 Å². The van der Waals surface area contributed by atoms with Crippen LogP contribution in [0.25, 0.3) is 0 Å². The van der Waals surface area contributed by atoms with Crippen LogP contribution in [0, 0.1) is 0 Å². The molecule has 1 atom stereocenters. The molecule has 0 saturated carbocycles. The molecule has 3 nitrogen and oxygen atoms in total. The summed E-state index contributed by atoms with van der Waals surface area (Å²) in [5.41, 5.74) is 0.0639. The minimum absolute atomic E-state index is 0.0639. The molecule has 0 radical (unpaired) electrons. The molecule has 1 unspecified atom stereocenters. The van der Waals surface area contributed by atoms with Crippen molar-refractivity contribution in [2.75, 3.05) is 19.6 Å². The van der Waals surface area contributed by atoms with Crippen molar-refractivity contribution in [1.82, 2.24) is 15.2 Å². The standard InChI is InChI=1S/C12H21N3S/c1-10-9-15(7-4-5-13-10)12(2,3)11-14-6-8-16-11/h6,8,10,13H,4-5,7,9H2,1-3H3. The van der Waals surface area contributed by atoms with Crippen LogP contribution in [-0.2, 0) is 5.54 Å². The summed E-state index contributed by atoms with van der Waals surface area (Å²) < 4.78 is 0. The lowest BCUT2D eigenvalue weighted by Gasteiger charge is -2.37. The van der Waals surface area contributed by atoms with Gasteiger partial charge in [0.15, 0.2) is 0 Å². The number of rotatable bonds is 2. The van der Waals surface area contributed by atoms with Gasteiger partial charge in [-0.3, -0.25) is 4.90 Å². The number of hydrogen-bond acceptors (Lipinski definition) is 4. The van der Waals surface area contributed by atoms with Gasteiger partial charge >= 0.3 is 0 Å². The highest BCUT2D eigenvalue weighted by Crippen LogP contribution is 2.30. The quantitative estimate of drug-likeness (QED) is 0.856. The number of nitrogens with zero attached hydrogens (tertiary/aromatic N) is 2. The molecule has 0 aromatic carbocycles. The van der Waals surface area contributed by atoms with Gasteiger partial charge in [-0.25, -0.2) is 4.98 Å². The van der Waals surface area contributed by atoms with E-state index in [9.17, 15) is 0 Å². The van der Waals surface area contributed by atoms with Gasteiger partial charge < -0.3 is 5.32 Å². The molecule has 4 heteroatoms. The molecule has 2 heterocycles. The van der Waals surface area contributed by atoms with Crippen LogP contribution in [0.3, 0.4) is 0 Å². The molecule has 1 N–H and O–H groups in total. The van der Waals surface area contributed by atoms with E-state index in [-0.39, 0.29) is 5.54 Å². The van der Waals surface area contributed by atoms with Crippen molar-refractivity contribution < 1.29 is 0 Å². The van der Waals surface area contributed by atoms with Crippen molar-refractivity contribution in [2.45, 2.75) is 38.8 Å². The lowest BCUT2D eigenvalue weighted by Crippen LogP contribution is -2.45. The van der Waals surface area contributed by atoms with Crippen LogP contribution in [0.1, 0.15) is 32.2 Å². The first-order valence-electron chi connectivity index (χ1n) is 5.99. The van der Waals surface area contributed by atoms with Crippen LogP contribution in [-0.4, -0.2) is 35.6 Å². The van der Waals surface area contributed by atoms with E-state index in [0.717, 1.165) is 19.6 Å².